The number of ether oxygens (including phenoxy) is 4. The molecule has 0 bridgehead atoms. The van der Waals surface area contributed by atoms with Crippen LogP contribution in [0.15, 0.2) is 60.9 Å². The Morgan fingerprint density at radius 1 is 0.921 bits per heavy atom. The fourth-order valence-electron chi connectivity index (χ4n) is 8.34. The molecule has 63 heavy (non-hydrogen) atoms. The molecule has 344 valence electrons. The monoisotopic (exact) mass is 911 g/mol. The van der Waals surface area contributed by atoms with Gasteiger partial charge < -0.3 is 29.2 Å². The number of phosphoric ester groups is 1. The van der Waals surface area contributed by atoms with E-state index in [-0.39, 0.29) is 36.2 Å². The SMILES string of the molecule is CCCCCCCCCCCCCCCC[C@@H](COP(=O)(OC[C@@]1(C)O[C@@H](c2ccc3c(N)ncnn23)[C@@H]2OC(C)(C)O[C@@H]21)Oc1ccccc1Cl)OCc1cc(F)cc(C#N)c1. The van der Waals surface area contributed by atoms with Gasteiger partial charge in [-0.15, -0.1) is 0 Å². The fourth-order valence-corrected chi connectivity index (χ4v) is 9.92. The molecular formula is C47H64ClFN5O8P. The van der Waals surface area contributed by atoms with Crippen LogP contribution in [0.3, 0.4) is 0 Å². The van der Waals surface area contributed by atoms with E-state index in [1.165, 1.54) is 82.7 Å². The second-order valence-corrected chi connectivity index (χ2v) is 19.4. The first-order valence-corrected chi connectivity index (χ1v) is 24.4. The molecule has 2 aromatic heterocycles. The molecule has 4 heterocycles. The zero-order valence-corrected chi connectivity index (χ0v) is 38.8. The van der Waals surface area contributed by atoms with E-state index in [1.54, 1.807) is 41.8 Å². The highest BCUT2D eigenvalue weighted by molar-refractivity contribution is 7.49. The molecular weight excluding hydrogens is 848 g/mol. The number of nitrogens with two attached hydrogens (primary N) is 1. The number of hydrogen-bond acceptors (Lipinski definition) is 12. The first-order chi connectivity index (χ1) is 30.3. The minimum absolute atomic E-state index is 0.00405. The van der Waals surface area contributed by atoms with Crippen molar-refractivity contribution < 1.29 is 41.5 Å². The normalized spacial score (nSPS) is 21.9. The second-order valence-electron chi connectivity index (χ2n) is 17.4. The van der Waals surface area contributed by atoms with Crippen molar-refractivity contribution in [2.45, 2.75) is 166 Å². The third kappa shape index (κ3) is 13.7. The molecule has 6 atom stereocenters. The molecule has 1 unspecified atom stereocenters. The Bertz CT molecular complexity index is 2170. The van der Waals surface area contributed by atoms with E-state index < -0.39 is 49.4 Å². The standard InChI is InChI=1S/C47H64ClFN5O8P/c1-5-6-7-8-9-10-11-12-13-14-15-16-17-18-21-37(56-30-35-26-34(29-50)27-36(49)28-35)31-57-63(55,62-41-23-20-19-22-38(41)48)58-32-47(4)44-43(59-46(2,3)61-44)42(60-47)39-24-25-40-45(51)52-33-53-54(39)40/h19-20,22-28,33,37,42-44H,5-18,21,30-32H2,1-4H3,(H2,51,52,53)/t37-,42-,43-,44-,47+,63?/m0/s1. The van der Waals surface area contributed by atoms with Crippen molar-refractivity contribution in [3.8, 4) is 11.8 Å². The molecule has 13 nitrogen and oxygen atoms in total. The van der Waals surface area contributed by atoms with Gasteiger partial charge in [-0.3, -0.25) is 9.05 Å². The smallest absolute Gasteiger partial charge is 0.402 e. The minimum atomic E-state index is -4.49. The number of fused-ring (bicyclic) bond motifs is 2. The molecule has 2 fully saturated rings. The molecule has 4 aromatic rings. The van der Waals surface area contributed by atoms with E-state index in [1.807, 2.05) is 32.0 Å². The molecule has 0 saturated carbocycles. The number of para-hydroxylation sites is 1. The van der Waals surface area contributed by atoms with Crippen molar-refractivity contribution in [3.05, 3.63) is 88.6 Å². The molecule has 2 saturated heterocycles. The number of anilines is 1. The average molecular weight is 912 g/mol. The van der Waals surface area contributed by atoms with Gasteiger partial charge in [0.15, 0.2) is 11.6 Å². The minimum Gasteiger partial charge on any atom is -0.402 e. The number of phosphoric acid groups is 1. The van der Waals surface area contributed by atoms with Crippen LogP contribution in [0.5, 0.6) is 5.75 Å². The van der Waals surface area contributed by atoms with Crippen molar-refractivity contribution in [1.82, 2.24) is 14.6 Å². The van der Waals surface area contributed by atoms with Gasteiger partial charge >= 0.3 is 7.82 Å². The van der Waals surface area contributed by atoms with Crippen LogP contribution >= 0.6 is 19.4 Å². The van der Waals surface area contributed by atoms with Crippen molar-refractivity contribution in [3.63, 3.8) is 0 Å². The Morgan fingerprint density at radius 3 is 2.29 bits per heavy atom. The summed E-state index contributed by atoms with van der Waals surface area (Å²) in [6, 6.07) is 16.3. The van der Waals surface area contributed by atoms with Crippen LogP contribution < -0.4 is 10.3 Å². The number of hydrogen-bond donors (Lipinski definition) is 1. The number of nitrogens with zero attached hydrogens (tertiary/aromatic N) is 4. The maximum absolute atomic E-state index is 14.9. The van der Waals surface area contributed by atoms with E-state index in [0.717, 1.165) is 25.7 Å². The lowest BCUT2D eigenvalue weighted by atomic mass is 9.97. The summed E-state index contributed by atoms with van der Waals surface area (Å²) in [5.41, 5.74) is 6.87. The van der Waals surface area contributed by atoms with Crippen molar-refractivity contribution in [2.75, 3.05) is 18.9 Å². The third-order valence-corrected chi connectivity index (χ3v) is 13.3. The van der Waals surface area contributed by atoms with Crippen molar-refractivity contribution in [2.24, 2.45) is 0 Å². The van der Waals surface area contributed by atoms with Gasteiger partial charge in [-0.2, -0.15) is 10.4 Å². The number of nitrogen functional groups attached to an aromatic ring is 1. The van der Waals surface area contributed by atoms with Gasteiger partial charge in [0.2, 0.25) is 0 Å². The zero-order chi connectivity index (χ0) is 44.9. The highest BCUT2D eigenvalue weighted by Gasteiger charge is 2.62. The van der Waals surface area contributed by atoms with Crippen LogP contribution in [0.1, 0.15) is 147 Å². The number of nitriles is 1. The number of unbranched alkanes of at least 4 members (excludes halogenated alkanes) is 13. The molecule has 0 spiro atoms. The maximum atomic E-state index is 14.9. The first-order valence-electron chi connectivity index (χ1n) is 22.6. The van der Waals surface area contributed by atoms with E-state index >= 15 is 0 Å². The highest BCUT2D eigenvalue weighted by Crippen LogP contribution is 2.55. The number of aromatic nitrogens is 3. The molecule has 0 amide bonds. The van der Waals surface area contributed by atoms with E-state index in [2.05, 4.69) is 17.0 Å². The van der Waals surface area contributed by atoms with Gasteiger partial charge in [0, 0.05) is 0 Å². The summed E-state index contributed by atoms with van der Waals surface area (Å²) in [5.74, 6) is -1.10. The Morgan fingerprint density at radius 2 is 1.60 bits per heavy atom. The summed E-state index contributed by atoms with van der Waals surface area (Å²) in [6.45, 7) is 7.21. The lowest BCUT2D eigenvalue weighted by molar-refractivity contribution is -0.212. The lowest BCUT2D eigenvalue weighted by Gasteiger charge is -2.32. The molecule has 16 heteroatoms. The van der Waals surface area contributed by atoms with Crippen LogP contribution in [-0.4, -0.2) is 57.5 Å². The number of halogens is 2. The van der Waals surface area contributed by atoms with Gasteiger partial charge in [0.25, 0.3) is 0 Å². The largest absolute Gasteiger partial charge is 0.530 e. The zero-order valence-electron chi connectivity index (χ0n) is 37.1. The molecule has 6 rings (SSSR count). The molecule has 2 N–H and O–H groups in total. The van der Waals surface area contributed by atoms with Crippen LogP contribution in [0.2, 0.25) is 5.02 Å². The number of benzene rings is 2. The molecule has 0 aliphatic carbocycles. The Labute approximate surface area is 376 Å². The summed E-state index contributed by atoms with van der Waals surface area (Å²) in [7, 11) is -4.49. The fraction of sp³-hybridized carbons (Fsp3) is 0.596. The van der Waals surface area contributed by atoms with E-state index in [0.29, 0.717) is 29.0 Å². The highest BCUT2D eigenvalue weighted by atomic mass is 35.5. The number of rotatable bonds is 27. The summed E-state index contributed by atoms with van der Waals surface area (Å²) in [6.07, 6.45) is 16.5. The predicted molar refractivity (Wildman–Crippen MR) is 240 cm³/mol. The second kappa shape index (κ2) is 23.0. The van der Waals surface area contributed by atoms with Gasteiger partial charge in [0.05, 0.1) is 48.3 Å². The summed E-state index contributed by atoms with van der Waals surface area (Å²) in [5, 5.41) is 14.0. The molecule has 2 aromatic carbocycles. The van der Waals surface area contributed by atoms with Crippen molar-refractivity contribution in [1.29, 1.82) is 5.26 Å². The topological polar surface area (TPSA) is 162 Å². The molecule has 2 aliphatic rings. The first kappa shape index (κ1) is 48.8. The van der Waals surface area contributed by atoms with Crippen LogP contribution in [0.4, 0.5) is 10.2 Å². The van der Waals surface area contributed by atoms with Gasteiger partial charge in [-0.25, -0.2) is 18.5 Å². The maximum Gasteiger partial charge on any atom is 0.530 e. The average Bonchev–Trinajstić information content (AvgIpc) is 3.92. The molecule has 2 aliphatic heterocycles. The van der Waals surface area contributed by atoms with Gasteiger partial charge in [-0.1, -0.05) is 121 Å². The van der Waals surface area contributed by atoms with Gasteiger partial charge in [0.1, 0.15) is 47.3 Å². The van der Waals surface area contributed by atoms with Crippen LogP contribution in [0.25, 0.3) is 5.52 Å². The summed E-state index contributed by atoms with van der Waals surface area (Å²) >= 11 is 6.50. The van der Waals surface area contributed by atoms with E-state index in [9.17, 15) is 14.2 Å². The van der Waals surface area contributed by atoms with Crippen LogP contribution in [0, 0.1) is 17.1 Å². The predicted octanol–water partition coefficient (Wildman–Crippen LogP) is 12.0. The van der Waals surface area contributed by atoms with Gasteiger partial charge in [-0.05, 0) is 75.2 Å². The Hall–Kier alpha value is -3.64. The summed E-state index contributed by atoms with van der Waals surface area (Å²) in [4.78, 5) is 4.10. The molecule has 0 radical (unpaired) electrons. The Balaban J connectivity index is 1.12. The quantitative estimate of drug-likeness (QED) is 0.0446. The Kier molecular flexibility index (Phi) is 17.8. The summed E-state index contributed by atoms with van der Waals surface area (Å²) < 4.78 is 75.1. The van der Waals surface area contributed by atoms with E-state index in [4.69, 9.17) is 49.9 Å². The lowest BCUT2D eigenvalue weighted by Crippen LogP contribution is -2.44. The third-order valence-electron chi connectivity index (χ3n) is 11.7. The van der Waals surface area contributed by atoms with Crippen molar-refractivity contribution >= 4 is 30.8 Å². The van der Waals surface area contributed by atoms with Crippen LogP contribution in [-0.2, 0) is 39.2 Å².